The Labute approximate surface area is 195 Å². The smallest absolute Gasteiger partial charge is 0.270 e. The second kappa shape index (κ2) is 10.4. The number of hydrogen-bond donors (Lipinski definition) is 1. The van der Waals surface area contributed by atoms with Gasteiger partial charge < -0.3 is 4.90 Å². The highest BCUT2D eigenvalue weighted by Gasteiger charge is 2.19. The number of piperazine rings is 1. The van der Waals surface area contributed by atoms with Gasteiger partial charge in [-0.15, -0.1) is 0 Å². The lowest BCUT2D eigenvalue weighted by molar-refractivity contribution is -0.384. The number of amides is 1. The van der Waals surface area contributed by atoms with Crippen molar-refractivity contribution in [2.75, 3.05) is 37.6 Å². The van der Waals surface area contributed by atoms with Gasteiger partial charge in [0.15, 0.2) is 0 Å². The van der Waals surface area contributed by atoms with Gasteiger partial charge in [0.05, 0.1) is 16.7 Å². The average molecular weight is 467 g/mol. The van der Waals surface area contributed by atoms with Crippen LogP contribution in [0.25, 0.3) is 10.9 Å². The maximum absolute atomic E-state index is 12.1. The fraction of sp³-hybridized carbons (Fsp3) is 0.261. The van der Waals surface area contributed by atoms with Crippen LogP contribution in [0, 0.1) is 10.1 Å². The zero-order valence-corrected chi connectivity index (χ0v) is 18.6. The molecular formula is C23H23ClN6O3. The highest BCUT2D eigenvalue weighted by Crippen LogP contribution is 2.28. The Bertz CT molecular complexity index is 1190. The Balaban J connectivity index is 1.24. The number of non-ortho nitro benzene ring substituents is 1. The molecule has 0 bridgehead atoms. The highest BCUT2D eigenvalue weighted by molar-refractivity contribution is 6.31. The predicted molar refractivity (Wildman–Crippen MR) is 129 cm³/mol. The first kappa shape index (κ1) is 22.6. The Hall–Kier alpha value is -3.56. The summed E-state index contributed by atoms with van der Waals surface area (Å²) in [6.07, 6.45) is 3.53. The number of nitrogens with one attached hydrogen (secondary N) is 1. The molecule has 2 aromatic carbocycles. The first-order valence-corrected chi connectivity index (χ1v) is 11.0. The Kier molecular flexibility index (Phi) is 7.11. The van der Waals surface area contributed by atoms with Gasteiger partial charge in [-0.3, -0.25) is 24.8 Å². The number of fused-ring (bicyclic) bond motifs is 1. The van der Waals surface area contributed by atoms with Crippen LogP contribution in [0.5, 0.6) is 0 Å². The quantitative estimate of drug-likeness (QED) is 0.325. The van der Waals surface area contributed by atoms with E-state index in [0.717, 1.165) is 42.8 Å². The highest BCUT2D eigenvalue weighted by atomic mass is 35.5. The third-order valence-electron chi connectivity index (χ3n) is 5.53. The number of hydrogen-bond acceptors (Lipinski definition) is 7. The van der Waals surface area contributed by atoms with Gasteiger partial charge in [0.2, 0.25) is 5.91 Å². The van der Waals surface area contributed by atoms with Crippen molar-refractivity contribution in [3.8, 4) is 0 Å². The minimum Gasteiger partial charge on any atom is -0.368 e. The van der Waals surface area contributed by atoms with E-state index in [2.05, 4.69) is 25.3 Å². The fourth-order valence-electron chi connectivity index (χ4n) is 3.81. The molecular weight excluding hydrogens is 444 g/mol. The van der Waals surface area contributed by atoms with E-state index in [1.54, 1.807) is 18.3 Å². The van der Waals surface area contributed by atoms with E-state index in [-0.39, 0.29) is 11.6 Å². The Morgan fingerprint density at radius 2 is 2.00 bits per heavy atom. The van der Waals surface area contributed by atoms with Gasteiger partial charge in [0, 0.05) is 79.1 Å². The molecule has 10 heteroatoms. The van der Waals surface area contributed by atoms with Crippen LogP contribution < -0.4 is 10.3 Å². The lowest BCUT2D eigenvalue weighted by Crippen LogP contribution is -2.47. The first-order chi connectivity index (χ1) is 16.0. The number of halogens is 1. The van der Waals surface area contributed by atoms with Crippen LogP contribution in [0.4, 0.5) is 11.4 Å². The largest absolute Gasteiger partial charge is 0.368 e. The molecule has 0 atom stereocenters. The number of rotatable bonds is 7. The van der Waals surface area contributed by atoms with E-state index < -0.39 is 4.92 Å². The third kappa shape index (κ3) is 5.82. The molecule has 4 rings (SSSR count). The van der Waals surface area contributed by atoms with Crippen molar-refractivity contribution in [3.05, 3.63) is 75.4 Å². The number of carbonyl (C=O) groups is 1. The lowest BCUT2D eigenvalue weighted by Gasteiger charge is -2.36. The molecule has 9 nitrogen and oxygen atoms in total. The maximum atomic E-state index is 12.1. The maximum Gasteiger partial charge on any atom is 0.270 e. The number of anilines is 1. The van der Waals surface area contributed by atoms with Crippen LogP contribution in [0.15, 0.2) is 59.8 Å². The molecule has 0 saturated carbocycles. The number of benzene rings is 2. The zero-order chi connectivity index (χ0) is 23.2. The minimum absolute atomic E-state index is 0.0204. The second-order valence-corrected chi connectivity index (χ2v) is 8.15. The van der Waals surface area contributed by atoms with Crippen LogP contribution in [0.2, 0.25) is 5.02 Å². The van der Waals surface area contributed by atoms with Crippen molar-refractivity contribution in [2.24, 2.45) is 5.10 Å². The summed E-state index contributed by atoms with van der Waals surface area (Å²) >= 11 is 6.09. The second-order valence-electron chi connectivity index (χ2n) is 7.72. The van der Waals surface area contributed by atoms with Crippen LogP contribution in [-0.4, -0.2) is 59.7 Å². The van der Waals surface area contributed by atoms with Gasteiger partial charge >= 0.3 is 0 Å². The summed E-state index contributed by atoms with van der Waals surface area (Å²) < 4.78 is 0. The number of pyridine rings is 1. The number of nitrogens with zero attached hydrogens (tertiary/aromatic N) is 5. The lowest BCUT2D eigenvalue weighted by atomic mass is 10.1. The first-order valence-electron chi connectivity index (χ1n) is 10.6. The van der Waals surface area contributed by atoms with Crippen molar-refractivity contribution < 1.29 is 9.72 Å². The Morgan fingerprint density at radius 1 is 1.18 bits per heavy atom. The number of carbonyl (C=O) groups excluding carboxylic acids is 1. The normalized spacial score (nSPS) is 14.6. The van der Waals surface area contributed by atoms with Crippen molar-refractivity contribution in [1.82, 2.24) is 15.3 Å². The molecule has 1 fully saturated rings. The molecule has 1 aliphatic heterocycles. The fourth-order valence-corrected chi connectivity index (χ4v) is 3.97. The molecule has 0 aliphatic carbocycles. The number of nitro benzene ring substituents is 1. The van der Waals surface area contributed by atoms with Crippen molar-refractivity contribution in [3.63, 3.8) is 0 Å². The van der Waals surface area contributed by atoms with Crippen LogP contribution >= 0.6 is 11.6 Å². The van der Waals surface area contributed by atoms with E-state index in [1.807, 2.05) is 24.3 Å². The summed E-state index contributed by atoms with van der Waals surface area (Å²) in [5.41, 5.74) is 5.03. The number of hydrazone groups is 1. The topological polar surface area (TPSA) is 104 Å². The van der Waals surface area contributed by atoms with Crippen molar-refractivity contribution >= 4 is 46.0 Å². The molecule has 0 unspecified atom stereocenters. The zero-order valence-electron chi connectivity index (χ0n) is 17.9. The molecule has 33 heavy (non-hydrogen) atoms. The summed E-state index contributed by atoms with van der Waals surface area (Å²) in [5, 5.41) is 16.5. The Morgan fingerprint density at radius 3 is 2.79 bits per heavy atom. The third-order valence-corrected chi connectivity index (χ3v) is 5.77. The van der Waals surface area contributed by atoms with Crippen molar-refractivity contribution in [1.29, 1.82) is 0 Å². The average Bonchev–Trinajstić information content (AvgIpc) is 2.82. The molecule has 1 amide bonds. The van der Waals surface area contributed by atoms with E-state index in [1.165, 1.54) is 18.3 Å². The van der Waals surface area contributed by atoms with Gasteiger partial charge in [0.1, 0.15) is 0 Å². The predicted octanol–water partition coefficient (Wildman–Crippen LogP) is 3.46. The summed E-state index contributed by atoms with van der Waals surface area (Å²) in [5.74, 6) is -0.198. The van der Waals surface area contributed by atoms with Gasteiger partial charge in [-0.05, 0) is 24.3 Å². The molecule has 1 aliphatic rings. The van der Waals surface area contributed by atoms with Crippen LogP contribution in [-0.2, 0) is 4.79 Å². The number of aromatic nitrogens is 1. The van der Waals surface area contributed by atoms with E-state index in [4.69, 9.17) is 11.6 Å². The number of nitro groups is 1. The van der Waals surface area contributed by atoms with Crippen LogP contribution in [0.3, 0.4) is 0 Å². The molecule has 2 heterocycles. The summed E-state index contributed by atoms with van der Waals surface area (Å²) in [6.45, 7) is 4.05. The van der Waals surface area contributed by atoms with Crippen LogP contribution in [0.1, 0.15) is 12.0 Å². The molecule has 0 radical (unpaired) electrons. The summed E-state index contributed by atoms with van der Waals surface area (Å²) in [7, 11) is 0. The summed E-state index contributed by atoms with van der Waals surface area (Å²) in [4.78, 5) is 31.5. The molecule has 170 valence electrons. The standard InChI is InChI=1S/C23H23ClN6O3/c24-18-4-5-20-21(15-18)25-8-6-22(20)29-12-10-28(11-13-29)9-7-23(31)27-26-16-17-2-1-3-19(14-17)30(32)33/h1-6,8,14-16H,7,9-13H2,(H,27,31)/b26-16+. The molecule has 3 aromatic rings. The van der Waals surface area contributed by atoms with Gasteiger partial charge in [-0.2, -0.15) is 5.10 Å². The SMILES string of the molecule is O=C(CCN1CCN(c2ccnc3cc(Cl)ccc23)CC1)N/N=C/c1cccc([N+](=O)[O-])c1. The van der Waals surface area contributed by atoms with E-state index in [0.29, 0.717) is 23.6 Å². The van der Waals surface area contributed by atoms with Gasteiger partial charge in [-0.1, -0.05) is 23.7 Å². The summed E-state index contributed by atoms with van der Waals surface area (Å²) in [6, 6.07) is 13.8. The molecule has 1 saturated heterocycles. The van der Waals surface area contributed by atoms with E-state index >= 15 is 0 Å². The van der Waals surface area contributed by atoms with Gasteiger partial charge in [0.25, 0.3) is 5.69 Å². The molecule has 1 aromatic heterocycles. The molecule has 0 spiro atoms. The minimum atomic E-state index is -0.470. The monoisotopic (exact) mass is 466 g/mol. The van der Waals surface area contributed by atoms with E-state index in [9.17, 15) is 14.9 Å². The van der Waals surface area contributed by atoms with Gasteiger partial charge in [-0.25, -0.2) is 5.43 Å². The molecule has 1 N–H and O–H groups in total. The van der Waals surface area contributed by atoms with Crippen molar-refractivity contribution in [2.45, 2.75) is 6.42 Å².